The molecule has 0 spiro atoms. The van der Waals surface area contributed by atoms with Gasteiger partial charge in [-0.1, -0.05) is 60.1 Å². The van der Waals surface area contributed by atoms with Gasteiger partial charge in [0.2, 0.25) is 0 Å². The van der Waals surface area contributed by atoms with Crippen molar-refractivity contribution >= 4 is 23.2 Å². The van der Waals surface area contributed by atoms with E-state index in [4.69, 9.17) is 11.6 Å². The van der Waals surface area contributed by atoms with Gasteiger partial charge in [0.1, 0.15) is 5.82 Å². The lowest BCUT2D eigenvalue weighted by Gasteiger charge is -2.12. The Bertz CT molecular complexity index is 865. The Hall–Kier alpha value is -2.65. The fourth-order valence-electron chi connectivity index (χ4n) is 2.47. The van der Waals surface area contributed by atoms with Gasteiger partial charge in [-0.05, 0) is 41.8 Å². The van der Waals surface area contributed by atoms with Gasteiger partial charge < -0.3 is 5.32 Å². The molecule has 3 aromatic rings. The minimum absolute atomic E-state index is 0.0722. The lowest BCUT2D eigenvalue weighted by molar-refractivity contribution is 0.102. The maximum atomic E-state index is 13.9. The molecule has 0 unspecified atom stereocenters. The monoisotopic (exact) mass is 339 g/mol. The summed E-state index contributed by atoms with van der Waals surface area (Å²) in [5, 5.41) is 3.10. The summed E-state index contributed by atoms with van der Waals surface area (Å²) in [6.07, 6.45) is 0.676. The molecule has 0 saturated carbocycles. The largest absolute Gasteiger partial charge is 0.322 e. The zero-order valence-corrected chi connectivity index (χ0v) is 13.6. The summed E-state index contributed by atoms with van der Waals surface area (Å²) in [7, 11) is 0. The molecule has 0 bridgehead atoms. The smallest absolute Gasteiger partial charge is 0.258 e. The Kier molecular flexibility index (Phi) is 4.92. The highest BCUT2D eigenvalue weighted by molar-refractivity contribution is 6.31. The molecule has 0 aliphatic rings. The van der Waals surface area contributed by atoms with Crippen molar-refractivity contribution in [3.05, 3.63) is 100 Å². The Labute approximate surface area is 144 Å². The molecule has 0 atom stereocenters. The van der Waals surface area contributed by atoms with Crippen molar-refractivity contribution in [2.45, 2.75) is 6.42 Å². The summed E-state index contributed by atoms with van der Waals surface area (Å²) in [4.78, 5) is 12.4. The third-order valence-electron chi connectivity index (χ3n) is 3.68. The van der Waals surface area contributed by atoms with Gasteiger partial charge in [-0.3, -0.25) is 4.79 Å². The quantitative estimate of drug-likeness (QED) is 0.684. The van der Waals surface area contributed by atoms with E-state index in [1.54, 1.807) is 6.07 Å². The Morgan fingerprint density at radius 1 is 0.958 bits per heavy atom. The fraction of sp³-hybridized carbons (Fsp3) is 0.0500. The predicted molar refractivity (Wildman–Crippen MR) is 95.1 cm³/mol. The van der Waals surface area contributed by atoms with E-state index < -0.39 is 11.7 Å². The number of carbonyl (C=O) groups is 1. The molecule has 1 amide bonds. The van der Waals surface area contributed by atoms with Gasteiger partial charge in [-0.25, -0.2) is 4.39 Å². The topological polar surface area (TPSA) is 29.1 Å². The van der Waals surface area contributed by atoms with Crippen LogP contribution >= 0.6 is 11.6 Å². The summed E-state index contributed by atoms with van der Waals surface area (Å²) in [5.41, 5.74) is 2.68. The van der Waals surface area contributed by atoms with Gasteiger partial charge >= 0.3 is 0 Å². The van der Waals surface area contributed by atoms with Crippen LogP contribution in [0, 0.1) is 5.82 Å². The maximum Gasteiger partial charge on any atom is 0.258 e. The van der Waals surface area contributed by atoms with Gasteiger partial charge in [0.15, 0.2) is 0 Å². The highest BCUT2D eigenvalue weighted by atomic mass is 35.5. The Morgan fingerprint density at radius 3 is 2.46 bits per heavy atom. The van der Waals surface area contributed by atoms with E-state index in [-0.39, 0.29) is 5.56 Å². The number of amides is 1. The molecule has 0 aliphatic heterocycles. The highest BCUT2D eigenvalue weighted by Gasteiger charge is 2.14. The number of anilines is 1. The van der Waals surface area contributed by atoms with Crippen molar-refractivity contribution < 1.29 is 9.18 Å². The van der Waals surface area contributed by atoms with Gasteiger partial charge in [-0.15, -0.1) is 0 Å². The average molecular weight is 340 g/mol. The van der Waals surface area contributed by atoms with Crippen molar-refractivity contribution in [1.29, 1.82) is 0 Å². The molecule has 120 valence electrons. The van der Waals surface area contributed by atoms with Crippen molar-refractivity contribution in [1.82, 2.24) is 0 Å². The van der Waals surface area contributed by atoms with E-state index in [2.05, 4.69) is 5.32 Å². The maximum absolute atomic E-state index is 13.9. The summed E-state index contributed by atoms with van der Waals surface area (Å²) in [5.74, 6) is -1.12. The van der Waals surface area contributed by atoms with Crippen LogP contribution < -0.4 is 5.32 Å². The number of halogens is 2. The first-order valence-electron chi connectivity index (χ1n) is 7.52. The third kappa shape index (κ3) is 3.81. The molecule has 3 aromatic carbocycles. The molecular weight excluding hydrogens is 325 g/mol. The molecule has 0 fully saturated rings. The molecule has 0 saturated heterocycles. The first-order chi connectivity index (χ1) is 11.6. The second kappa shape index (κ2) is 7.28. The first-order valence-corrected chi connectivity index (χ1v) is 7.89. The molecule has 0 aromatic heterocycles. The van der Waals surface area contributed by atoms with Crippen LogP contribution in [0.4, 0.5) is 10.1 Å². The molecule has 1 N–H and O–H groups in total. The zero-order valence-electron chi connectivity index (χ0n) is 12.8. The van der Waals surface area contributed by atoms with Crippen molar-refractivity contribution in [3.63, 3.8) is 0 Å². The number of benzene rings is 3. The number of nitrogens with one attached hydrogen (secondary N) is 1. The lowest BCUT2D eigenvalue weighted by Crippen LogP contribution is -2.15. The van der Waals surface area contributed by atoms with Crippen LogP contribution in [0.25, 0.3) is 0 Å². The summed E-state index contributed by atoms with van der Waals surface area (Å²) in [6.45, 7) is 0. The van der Waals surface area contributed by atoms with Gasteiger partial charge in [0.25, 0.3) is 5.91 Å². The van der Waals surface area contributed by atoms with Gasteiger partial charge in [0, 0.05) is 10.7 Å². The highest BCUT2D eigenvalue weighted by Crippen LogP contribution is 2.21. The summed E-state index contributed by atoms with van der Waals surface area (Å²) in [6, 6.07) is 21.4. The molecule has 2 nitrogen and oxygen atoms in total. The van der Waals surface area contributed by atoms with Gasteiger partial charge in [0.05, 0.1) is 5.56 Å². The lowest BCUT2D eigenvalue weighted by atomic mass is 10.0. The SMILES string of the molecule is O=C(Nc1ccccc1Cc1ccccc1)c1cc(Cl)ccc1F. The minimum atomic E-state index is -0.600. The Morgan fingerprint density at radius 2 is 1.67 bits per heavy atom. The van der Waals surface area contributed by atoms with Crippen molar-refractivity contribution in [2.75, 3.05) is 5.32 Å². The van der Waals surface area contributed by atoms with E-state index in [1.807, 2.05) is 48.5 Å². The molecule has 24 heavy (non-hydrogen) atoms. The van der Waals surface area contributed by atoms with Crippen LogP contribution in [0.2, 0.25) is 5.02 Å². The fourth-order valence-corrected chi connectivity index (χ4v) is 2.65. The summed E-state index contributed by atoms with van der Waals surface area (Å²) < 4.78 is 13.9. The van der Waals surface area contributed by atoms with Crippen LogP contribution in [0.5, 0.6) is 0 Å². The second-order valence-corrected chi connectivity index (χ2v) is 5.83. The van der Waals surface area contributed by atoms with Crippen LogP contribution in [0.1, 0.15) is 21.5 Å². The first kappa shape index (κ1) is 16.2. The molecule has 4 heteroatoms. The predicted octanol–water partition coefficient (Wildman–Crippen LogP) is 5.32. The van der Waals surface area contributed by atoms with Crippen LogP contribution in [-0.2, 0) is 6.42 Å². The van der Waals surface area contributed by atoms with Crippen LogP contribution in [0.15, 0.2) is 72.8 Å². The molecular formula is C20H15ClFNO. The van der Waals surface area contributed by atoms with Gasteiger partial charge in [-0.2, -0.15) is 0 Å². The van der Waals surface area contributed by atoms with E-state index in [0.717, 1.165) is 11.1 Å². The Balaban J connectivity index is 1.85. The number of carbonyl (C=O) groups excluding carboxylic acids is 1. The minimum Gasteiger partial charge on any atom is -0.322 e. The van der Waals surface area contributed by atoms with Crippen LogP contribution in [-0.4, -0.2) is 5.91 Å². The molecule has 3 rings (SSSR count). The molecule has 0 heterocycles. The summed E-state index contributed by atoms with van der Waals surface area (Å²) >= 11 is 5.86. The molecule has 0 radical (unpaired) electrons. The molecule has 0 aliphatic carbocycles. The average Bonchev–Trinajstić information content (AvgIpc) is 2.59. The second-order valence-electron chi connectivity index (χ2n) is 5.40. The third-order valence-corrected chi connectivity index (χ3v) is 3.91. The normalized spacial score (nSPS) is 10.4. The standard InChI is InChI=1S/C20H15ClFNO/c21-16-10-11-18(22)17(13-16)20(24)23-19-9-5-4-8-15(19)12-14-6-2-1-3-7-14/h1-11,13H,12H2,(H,23,24). The van der Waals surface area contributed by atoms with Crippen molar-refractivity contribution in [3.8, 4) is 0 Å². The number of para-hydroxylation sites is 1. The van der Waals surface area contributed by atoms with E-state index in [9.17, 15) is 9.18 Å². The number of rotatable bonds is 4. The van der Waals surface area contributed by atoms with E-state index >= 15 is 0 Å². The van der Waals surface area contributed by atoms with E-state index in [0.29, 0.717) is 17.1 Å². The number of hydrogen-bond donors (Lipinski definition) is 1. The zero-order chi connectivity index (χ0) is 16.9. The number of hydrogen-bond acceptors (Lipinski definition) is 1. The van der Waals surface area contributed by atoms with Crippen LogP contribution in [0.3, 0.4) is 0 Å². The van der Waals surface area contributed by atoms with Crippen molar-refractivity contribution in [2.24, 2.45) is 0 Å². The van der Waals surface area contributed by atoms with E-state index in [1.165, 1.54) is 18.2 Å².